The first-order valence-corrected chi connectivity index (χ1v) is 8.95. The second-order valence-electron chi connectivity index (χ2n) is 6.54. The van der Waals surface area contributed by atoms with Gasteiger partial charge in [0, 0.05) is 22.7 Å². The molecule has 1 aliphatic heterocycles. The molecule has 1 aromatic heterocycles. The molecule has 1 atom stereocenters. The minimum atomic E-state index is -0.320. The van der Waals surface area contributed by atoms with Gasteiger partial charge in [0.05, 0.1) is 6.04 Å². The van der Waals surface area contributed by atoms with E-state index in [9.17, 15) is 9.90 Å². The van der Waals surface area contributed by atoms with E-state index in [1.165, 1.54) is 0 Å². The fourth-order valence-corrected chi connectivity index (χ4v) is 3.73. The molecule has 0 fully saturated rings. The number of fused-ring (bicyclic) bond motifs is 1. The number of rotatable bonds is 4. The average Bonchev–Trinajstić information content (AvgIpc) is 3.19. The largest absolute Gasteiger partial charge is 0.507 e. The molecule has 2 heterocycles. The molecule has 2 N–H and O–H groups in total. The zero-order valence-electron chi connectivity index (χ0n) is 14.7. The van der Waals surface area contributed by atoms with Crippen molar-refractivity contribution >= 4 is 17.5 Å². The minimum Gasteiger partial charge on any atom is -0.507 e. The van der Waals surface area contributed by atoms with Crippen LogP contribution in [0.5, 0.6) is 5.75 Å². The van der Waals surface area contributed by atoms with Crippen molar-refractivity contribution in [2.75, 3.05) is 6.54 Å². The number of amides is 1. The van der Waals surface area contributed by atoms with E-state index in [1.54, 1.807) is 23.1 Å². The van der Waals surface area contributed by atoms with Crippen LogP contribution in [0.25, 0.3) is 11.3 Å². The fraction of sp³-hybridized carbons (Fsp3) is 0.143. The molecule has 136 valence electrons. The summed E-state index contributed by atoms with van der Waals surface area (Å²) < 4.78 is 0. The number of phenolic OH excluding ortho intramolecular Hbond substituents is 1. The Hall–Kier alpha value is -3.05. The molecule has 6 heteroatoms. The Kier molecular flexibility index (Phi) is 4.24. The van der Waals surface area contributed by atoms with Crippen molar-refractivity contribution in [3.05, 3.63) is 82.5 Å². The van der Waals surface area contributed by atoms with E-state index in [-0.39, 0.29) is 17.7 Å². The van der Waals surface area contributed by atoms with Crippen LogP contribution in [0.4, 0.5) is 0 Å². The standard InChI is InChI=1S/C21H18ClN3O2/c1-3-9-25-20(13-7-5-4-6-8-13)17-18(23-24-19(17)21(25)27)14-11-15(22)12(2)10-16(14)26/h3-8,10-11,20,26H,1,9H2,2H3,(H,23,24). The summed E-state index contributed by atoms with van der Waals surface area (Å²) in [5.41, 5.74) is 3.93. The number of phenols is 1. The number of benzene rings is 2. The van der Waals surface area contributed by atoms with Crippen molar-refractivity contribution in [1.29, 1.82) is 0 Å². The molecule has 3 aromatic rings. The van der Waals surface area contributed by atoms with Crippen LogP contribution in [0.2, 0.25) is 5.02 Å². The number of carbonyl (C=O) groups is 1. The molecule has 0 aliphatic carbocycles. The van der Waals surface area contributed by atoms with E-state index in [1.807, 2.05) is 37.3 Å². The van der Waals surface area contributed by atoms with Crippen molar-refractivity contribution in [3.8, 4) is 17.0 Å². The number of carbonyl (C=O) groups excluding carboxylic acids is 1. The van der Waals surface area contributed by atoms with Gasteiger partial charge in [0.25, 0.3) is 5.91 Å². The van der Waals surface area contributed by atoms with Crippen LogP contribution in [0.15, 0.2) is 55.1 Å². The van der Waals surface area contributed by atoms with E-state index in [2.05, 4.69) is 16.8 Å². The first-order valence-electron chi connectivity index (χ1n) is 8.57. The summed E-state index contributed by atoms with van der Waals surface area (Å²) in [5, 5.41) is 18.2. The topological polar surface area (TPSA) is 69.2 Å². The highest BCUT2D eigenvalue weighted by molar-refractivity contribution is 6.31. The van der Waals surface area contributed by atoms with Gasteiger partial charge in [-0.15, -0.1) is 6.58 Å². The molecule has 0 saturated carbocycles. The number of hydrogen-bond acceptors (Lipinski definition) is 3. The lowest BCUT2D eigenvalue weighted by Crippen LogP contribution is -2.29. The Morgan fingerprint density at radius 3 is 2.78 bits per heavy atom. The number of aromatic nitrogens is 2. The van der Waals surface area contributed by atoms with E-state index < -0.39 is 0 Å². The van der Waals surface area contributed by atoms with Crippen molar-refractivity contribution in [3.63, 3.8) is 0 Å². The highest BCUT2D eigenvalue weighted by Gasteiger charge is 2.41. The lowest BCUT2D eigenvalue weighted by molar-refractivity contribution is 0.0764. The molecule has 1 unspecified atom stereocenters. The number of aromatic hydroxyl groups is 1. The molecule has 0 radical (unpaired) electrons. The number of halogens is 1. The van der Waals surface area contributed by atoms with Crippen LogP contribution < -0.4 is 0 Å². The van der Waals surface area contributed by atoms with Crippen LogP contribution in [0.3, 0.4) is 0 Å². The highest BCUT2D eigenvalue weighted by Crippen LogP contribution is 2.45. The molecule has 1 amide bonds. The lowest BCUT2D eigenvalue weighted by atomic mass is 9.95. The minimum absolute atomic E-state index is 0.0765. The molecule has 27 heavy (non-hydrogen) atoms. The molecule has 1 aliphatic rings. The summed E-state index contributed by atoms with van der Waals surface area (Å²) >= 11 is 6.27. The second kappa shape index (κ2) is 6.59. The summed E-state index contributed by atoms with van der Waals surface area (Å²) in [7, 11) is 0. The SMILES string of the molecule is C=CCN1C(=O)c2[nH]nc(-c3cc(Cl)c(C)cc3O)c2C1c1ccccc1. The molecular weight excluding hydrogens is 362 g/mol. The van der Waals surface area contributed by atoms with Crippen molar-refractivity contribution < 1.29 is 9.90 Å². The quantitative estimate of drug-likeness (QED) is 0.657. The van der Waals surface area contributed by atoms with Crippen molar-refractivity contribution in [2.24, 2.45) is 0 Å². The summed E-state index contributed by atoms with van der Waals surface area (Å²) in [4.78, 5) is 14.7. The molecule has 0 saturated heterocycles. The van der Waals surface area contributed by atoms with Crippen LogP contribution in [-0.4, -0.2) is 32.7 Å². The van der Waals surface area contributed by atoms with Gasteiger partial charge in [-0.3, -0.25) is 9.89 Å². The fourth-order valence-electron chi connectivity index (χ4n) is 3.57. The number of aryl methyl sites for hydroxylation is 1. The third kappa shape index (κ3) is 2.71. The van der Waals surface area contributed by atoms with Crippen LogP contribution in [0.1, 0.15) is 33.2 Å². The Morgan fingerprint density at radius 1 is 1.33 bits per heavy atom. The maximum absolute atomic E-state index is 12.9. The third-order valence-electron chi connectivity index (χ3n) is 4.84. The molecule has 5 nitrogen and oxygen atoms in total. The van der Waals surface area contributed by atoms with Gasteiger partial charge >= 0.3 is 0 Å². The second-order valence-corrected chi connectivity index (χ2v) is 6.95. The predicted molar refractivity (Wildman–Crippen MR) is 105 cm³/mol. The molecule has 2 aromatic carbocycles. The summed E-state index contributed by atoms with van der Waals surface area (Å²) in [6, 6.07) is 12.7. The van der Waals surface area contributed by atoms with Crippen molar-refractivity contribution in [1.82, 2.24) is 15.1 Å². The van der Waals surface area contributed by atoms with E-state index in [0.29, 0.717) is 28.5 Å². The summed E-state index contributed by atoms with van der Waals surface area (Å²) in [5.74, 6) is -0.0668. The average molecular weight is 380 g/mol. The van der Waals surface area contributed by atoms with Gasteiger partial charge in [-0.05, 0) is 30.2 Å². The van der Waals surface area contributed by atoms with Crippen LogP contribution in [-0.2, 0) is 0 Å². The smallest absolute Gasteiger partial charge is 0.273 e. The summed E-state index contributed by atoms with van der Waals surface area (Å²) in [6.07, 6.45) is 1.70. The number of H-pyrrole nitrogens is 1. The Bertz CT molecular complexity index is 1040. The Labute approximate surface area is 161 Å². The monoisotopic (exact) mass is 379 g/mol. The first-order chi connectivity index (χ1) is 13.0. The van der Waals surface area contributed by atoms with Gasteiger partial charge in [0.2, 0.25) is 0 Å². The summed E-state index contributed by atoms with van der Waals surface area (Å²) in [6.45, 7) is 6.00. The molecule has 4 rings (SSSR count). The molecule has 0 spiro atoms. The van der Waals surface area contributed by atoms with E-state index in [4.69, 9.17) is 11.6 Å². The van der Waals surface area contributed by atoms with Gasteiger partial charge in [-0.1, -0.05) is 48.0 Å². The number of hydrogen-bond donors (Lipinski definition) is 2. The Balaban J connectivity index is 1.94. The van der Waals surface area contributed by atoms with Gasteiger partial charge in [0.1, 0.15) is 17.1 Å². The van der Waals surface area contributed by atoms with Gasteiger partial charge in [0.15, 0.2) is 0 Å². The molecular formula is C21H18ClN3O2. The predicted octanol–water partition coefficient (Wildman–Crippen LogP) is 4.48. The van der Waals surface area contributed by atoms with E-state index in [0.717, 1.165) is 16.7 Å². The van der Waals surface area contributed by atoms with Gasteiger partial charge in [-0.2, -0.15) is 5.10 Å². The van der Waals surface area contributed by atoms with Crippen molar-refractivity contribution in [2.45, 2.75) is 13.0 Å². The maximum atomic E-state index is 12.9. The number of aromatic amines is 1. The third-order valence-corrected chi connectivity index (χ3v) is 5.24. The van der Waals surface area contributed by atoms with Gasteiger partial charge in [-0.25, -0.2) is 0 Å². The number of nitrogens with one attached hydrogen (secondary N) is 1. The highest BCUT2D eigenvalue weighted by atomic mass is 35.5. The zero-order valence-corrected chi connectivity index (χ0v) is 15.5. The lowest BCUT2D eigenvalue weighted by Gasteiger charge is -2.25. The molecule has 0 bridgehead atoms. The van der Waals surface area contributed by atoms with Crippen LogP contribution in [0, 0.1) is 6.92 Å². The first kappa shape index (κ1) is 17.4. The Morgan fingerprint density at radius 2 is 2.07 bits per heavy atom. The normalized spacial score (nSPS) is 15.9. The van der Waals surface area contributed by atoms with Crippen LogP contribution >= 0.6 is 11.6 Å². The van der Waals surface area contributed by atoms with Gasteiger partial charge < -0.3 is 10.0 Å². The zero-order chi connectivity index (χ0) is 19.1. The number of nitrogens with zero attached hydrogens (tertiary/aromatic N) is 2. The maximum Gasteiger partial charge on any atom is 0.273 e. The van der Waals surface area contributed by atoms with E-state index >= 15 is 0 Å².